The molecule has 0 aliphatic heterocycles. The number of sulfone groups is 1. The van der Waals surface area contributed by atoms with Crippen LogP contribution in [0.3, 0.4) is 0 Å². The predicted octanol–water partition coefficient (Wildman–Crippen LogP) is 2.72. The molecule has 0 N–H and O–H groups in total. The van der Waals surface area contributed by atoms with Gasteiger partial charge in [0.05, 0.1) is 18.1 Å². The maximum atomic E-state index is 13.0. The van der Waals surface area contributed by atoms with Crippen molar-refractivity contribution in [2.45, 2.75) is 52.3 Å². The second-order valence-corrected chi connectivity index (χ2v) is 10.4. The lowest BCUT2D eigenvalue weighted by Crippen LogP contribution is -2.49. The molecule has 0 spiro atoms. The third kappa shape index (κ3) is 6.85. The molecule has 3 atom stereocenters. The molecule has 1 rings (SSSR count). The average Bonchev–Trinajstić information content (AvgIpc) is 3.03. The Hall–Kier alpha value is -2.03. The summed E-state index contributed by atoms with van der Waals surface area (Å²) in [5, 5.41) is 0. The minimum absolute atomic E-state index is 0.105. The highest BCUT2D eigenvalue weighted by molar-refractivity contribution is 7.90. The van der Waals surface area contributed by atoms with Gasteiger partial charge in [0.15, 0.2) is 0 Å². The summed E-state index contributed by atoms with van der Waals surface area (Å²) in [6, 6.07) is 1.99. The minimum atomic E-state index is -3.25. The minimum Gasteiger partial charge on any atom is -0.467 e. The Morgan fingerprint density at radius 2 is 1.75 bits per heavy atom. The number of hydrogen-bond donors (Lipinski definition) is 0. The van der Waals surface area contributed by atoms with Crippen molar-refractivity contribution in [3.05, 3.63) is 24.2 Å². The molecule has 0 fully saturated rings. The first-order valence-corrected chi connectivity index (χ1v) is 11.1. The normalized spacial score (nSPS) is 15.4. The van der Waals surface area contributed by atoms with Gasteiger partial charge >= 0.3 is 6.09 Å². The molecule has 0 aromatic carbocycles. The topological polar surface area (TPSA) is 97.1 Å². The molecule has 0 unspecified atom stereocenters. The molecule has 8 nitrogen and oxygen atoms in total. The Morgan fingerprint density at radius 1 is 1.18 bits per heavy atom. The molecule has 0 saturated heterocycles. The number of hydrogen-bond acceptors (Lipinski definition) is 6. The highest BCUT2D eigenvalue weighted by Gasteiger charge is 2.35. The number of likely N-dealkylation sites (N-methyl/N-ethyl adjacent to an activating group) is 2. The molecule has 0 aliphatic carbocycles. The fourth-order valence-corrected chi connectivity index (χ4v) is 4.11. The van der Waals surface area contributed by atoms with Crippen LogP contribution in [0.5, 0.6) is 0 Å². The highest BCUT2D eigenvalue weighted by Crippen LogP contribution is 2.30. The van der Waals surface area contributed by atoms with E-state index in [-0.39, 0.29) is 11.7 Å². The summed E-state index contributed by atoms with van der Waals surface area (Å²) < 4.78 is 34.3. The van der Waals surface area contributed by atoms with Gasteiger partial charge in [0.1, 0.15) is 27.2 Å². The lowest BCUT2D eigenvalue weighted by atomic mass is 9.99. The van der Waals surface area contributed by atoms with E-state index < -0.39 is 39.5 Å². The number of rotatable bonds is 7. The quantitative estimate of drug-likeness (QED) is 0.678. The van der Waals surface area contributed by atoms with Gasteiger partial charge in [0.2, 0.25) is 5.91 Å². The fraction of sp³-hybridized carbons (Fsp3) is 0.684. The Morgan fingerprint density at radius 3 is 2.18 bits per heavy atom. The number of nitrogens with zero attached hydrogens (tertiary/aromatic N) is 2. The van der Waals surface area contributed by atoms with Gasteiger partial charge in [0.25, 0.3) is 0 Å². The maximum Gasteiger partial charge on any atom is 0.410 e. The maximum absolute atomic E-state index is 13.0. The second kappa shape index (κ2) is 8.98. The molecule has 0 radical (unpaired) electrons. The van der Waals surface area contributed by atoms with Crippen molar-refractivity contribution < 1.29 is 27.2 Å². The smallest absolute Gasteiger partial charge is 0.410 e. The van der Waals surface area contributed by atoms with E-state index in [1.54, 1.807) is 53.8 Å². The Bertz CT molecular complexity index is 767. The number of furan rings is 1. The van der Waals surface area contributed by atoms with Crippen LogP contribution >= 0.6 is 0 Å². The molecule has 28 heavy (non-hydrogen) atoms. The van der Waals surface area contributed by atoms with Crippen molar-refractivity contribution in [1.82, 2.24) is 9.80 Å². The average molecular weight is 417 g/mol. The van der Waals surface area contributed by atoms with Crippen LogP contribution in [0.15, 0.2) is 22.8 Å². The van der Waals surface area contributed by atoms with Gasteiger partial charge < -0.3 is 14.1 Å². The molecule has 1 aromatic heterocycles. The second-order valence-electron chi connectivity index (χ2n) is 8.25. The summed E-state index contributed by atoms with van der Waals surface area (Å²) in [6.45, 7) is 8.59. The van der Waals surface area contributed by atoms with Crippen LogP contribution in [0, 0.1) is 5.92 Å². The molecular formula is C19H32N2O6S. The van der Waals surface area contributed by atoms with Gasteiger partial charge in [-0.25, -0.2) is 13.2 Å². The van der Waals surface area contributed by atoms with Crippen molar-refractivity contribution in [2.24, 2.45) is 5.92 Å². The summed E-state index contributed by atoms with van der Waals surface area (Å²) in [5.41, 5.74) is -0.680. The van der Waals surface area contributed by atoms with Gasteiger partial charge in [-0.1, -0.05) is 6.92 Å². The lowest BCUT2D eigenvalue weighted by molar-refractivity contribution is -0.138. The number of carbonyl (C=O) groups excluding carboxylic acids is 2. The number of carbonyl (C=O) groups is 2. The summed E-state index contributed by atoms with van der Waals surface area (Å²) >= 11 is 0. The Labute approximate surface area is 167 Å². The zero-order valence-corrected chi connectivity index (χ0v) is 18.7. The highest BCUT2D eigenvalue weighted by atomic mass is 32.2. The van der Waals surface area contributed by atoms with Crippen LogP contribution in [0.2, 0.25) is 0 Å². The third-order valence-electron chi connectivity index (χ3n) is 4.32. The third-order valence-corrected chi connectivity index (χ3v) is 5.46. The standard InChI is InChI=1S/C19H32N2O6S/c1-13(12-28(8,24)25)16(15-10-9-11-26-15)21(7)17(22)14(2)20(6)18(23)27-19(3,4)5/h9-11,13-14,16H,12H2,1-8H3/t13-,14-,16+/m1/s1. The first kappa shape index (κ1) is 24.0. The Kier molecular flexibility index (Phi) is 7.70. The molecule has 0 bridgehead atoms. The molecule has 9 heteroatoms. The Balaban J connectivity index is 3.06. The molecule has 0 saturated carbocycles. The molecule has 160 valence electrons. The van der Waals surface area contributed by atoms with Gasteiger partial charge in [-0.2, -0.15) is 0 Å². The van der Waals surface area contributed by atoms with Crippen LogP contribution in [0.4, 0.5) is 4.79 Å². The fourth-order valence-electron chi connectivity index (χ4n) is 2.97. The van der Waals surface area contributed by atoms with E-state index in [1.807, 2.05) is 0 Å². The van der Waals surface area contributed by atoms with Crippen molar-refractivity contribution in [1.29, 1.82) is 0 Å². The zero-order valence-electron chi connectivity index (χ0n) is 17.9. The van der Waals surface area contributed by atoms with Crippen LogP contribution in [0.1, 0.15) is 46.4 Å². The number of amides is 2. The van der Waals surface area contributed by atoms with E-state index in [0.29, 0.717) is 5.76 Å². The van der Waals surface area contributed by atoms with E-state index >= 15 is 0 Å². The van der Waals surface area contributed by atoms with E-state index in [2.05, 4.69) is 0 Å². The summed E-state index contributed by atoms with van der Waals surface area (Å²) in [7, 11) is -0.184. The van der Waals surface area contributed by atoms with Crippen LogP contribution in [0.25, 0.3) is 0 Å². The SMILES string of the molecule is C[C@H](CS(C)(=O)=O)[C@@H](c1ccco1)N(C)C(=O)[C@@H](C)N(C)C(=O)OC(C)(C)C. The van der Waals surface area contributed by atoms with Crippen LogP contribution in [-0.2, 0) is 19.4 Å². The van der Waals surface area contributed by atoms with Crippen molar-refractivity contribution in [3.63, 3.8) is 0 Å². The first-order chi connectivity index (χ1) is 12.6. The zero-order chi connectivity index (χ0) is 21.9. The summed E-state index contributed by atoms with van der Waals surface area (Å²) in [6.07, 6.45) is 2.02. The molecule has 0 aliphatic rings. The predicted molar refractivity (Wildman–Crippen MR) is 107 cm³/mol. The molecule has 2 amide bonds. The summed E-state index contributed by atoms with van der Waals surface area (Å²) in [4.78, 5) is 28.0. The summed E-state index contributed by atoms with van der Waals surface area (Å²) in [5.74, 6) is -0.380. The molecular weight excluding hydrogens is 384 g/mol. The largest absolute Gasteiger partial charge is 0.467 e. The first-order valence-electron chi connectivity index (χ1n) is 9.07. The van der Waals surface area contributed by atoms with Crippen LogP contribution < -0.4 is 0 Å². The lowest BCUT2D eigenvalue weighted by Gasteiger charge is -2.35. The monoisotopic (exact) mass is 416 g/mol. The number of ether oxygens (including phenoxy) is 1. The van der Waals surface area contributed by atoms with E-state index in [4.69, 9.17) is 9.15 Å². The van der Waals surface area contributed by atoms with Gasteiger partial charge in [-0.15, -0.1) is 0 Å². The van der Waals surface area contributed by atoms with Crippen molar-refractivity contribution in [3.8, 4) is 0 Å². The van der Waals surface area contributed by atoms with Crippen molar-refractivity contribution >= 4 is 21.8 Å². The van der Waals surface area contributed by atoms with E-state index in [1.165, 1.54) is 23.1 Å². The van der Waals surface area contributed by atoms with Gasteiger partial charge in [-0.3, -0.25) is 9.69 Å². The van der Waals surface area contributed by atoms with Crippen molar-refractivity contribution in [2.75, 3.05) is 26.1 Å². The van der Waals surface area contributed by atoms with Crippen LogP contribution in [-0.4, -0.2) is 68.0 Å². The van der Waals surface area contributed by atoms with E-state index in [9.17, 15) is 18.0 Å². The molecule has 1 aromatic rings. The van der Waals surface area contributed by atoms with E-state index in [0.717, 1.165) is 6.26 Å². The van der Waals surface area contributed by atoms with Gasteiger partial charge in [0, 0.05) is 20.4 Å². The molecule has 1 heterocycles. The van der Waals surface area contributed by atoms with Gasteiger partial charge in [-0.05, 0) is 45.7 Å².